The van der Waals surface area contributed by atoms with Crippen molar-refractivity contribution in [2.24, 2.45) is 5.92 Å². The average Bonchev–Trinajstić information content (AvgIpc) is 2.60. The first-order valence-corrected chi connectivity index (χ1v) is 10.3. The molecule has 1 N–H and O–H groups in total. The average molecular weight is 423 g/mol. The van der Waals surface area contributed by atoms with Gasteiger partial charge in [0.2, 0.25) is 5.91 Å². The predicted octanol–water partition coefficient (Wildman–Crippen LogP) is 1.57. The number of carbonyl (C=O) groups excluding carboxylic acids is 1. The molecule has 1 aliphatic heterocycles. The number of carbonyl (C=O) groups is 2. The van der Waals surface area contributed by atoms with E-state index in [0.29, 0.717) is 13.2 Å². The van der Waals surface area contributed by atoms with Gasteiger partial charge in [0.15, 0.2) is 9.84 Å². The number of hydrogen-bond acceptors (Lipinski definition) is 5. The van der Waals surface area contributed by atoms with Crippen LogP contribution in [0.15, 0.2) is 24.3 Å². The third kappa shape index (κ3) is 6.20. The van der Waals surface area contributed by atoms with E-state index in [1.807, 2.05) is 0 Å². The standard InChI is InChI=1S/C17H20F3NO6S/c18-17(19,20)14-4-2-1-3-12(14)10-28(25,26)11-13(16(23)24)9-15(22)21-5-7-27-8-6-21/h1-4,13H,5-11H2,(H,23,24). The van der Waals surface area contributed by atoms with E-state index in [-0.39, 0.29) is 13.1 Å². The van der Waals surface area contributed by atoms with Crippen LogP contribution in [-0.2, 0) is 36.1 Å². The number of sulfone groups is 1. The molecular weight excluding hydrogens is 403 g/mol. The van der Waals surface area contributed by atoms with Crippen molar-refractivity contribution in [3.63, 3.8) is 0 Å². The van der Waals surface area contributed by atoms with E-state index < -0.39 is 62.9 Å². The molecule has 0 radical (unpaired) electrons. The van der Waals surface area contributed by atoms with Gasteiger partial charge < -0.3 is 14.7 Å². The lowest BCUT2D eigenvalue weighted by Gasteiger charge is -2.27. The Labute approximate surface area is 160 Å². The van der Waals surface area contributed by atoms with E-state index >= 15 is 0 Å². The van der Waals surface area contributed by atoms with Gasteiger partial charge in [-0.05, 0) is 11.6 Å². The van der Waals surface area contributed by atoms with Gasteiger partial charge in [-0.1, -0.05) is 18.2 Å². The molecule has 0 spiro atoms. The van der Waals surface area contributed by atoms with Crippen molar-refractivity contribution >= 4 is 21.7 Å². The fourth-order valence-electron chi connectivity index (χ4n) is 2.90. The number of alkyl halides is 3. The summed E-state index contributed by atoms with van der Waals surface area (Å²) >= 11 is 0. The highest BCUT2D eigenvalue weighted by Gasteiger charge is 2.35. The number of morpholine rings is 1. The molecule has 0 aliphatic carbocycles. The van der Waals surface area contributed by atoms with Crippen LogP contribution in [0.2, 0.25) is 0 Å². The molecule has 11 heteroatoms. The normalized spacial score (nSPS) is 16.6. The van der Waals surface area contributed by atoms with Gasteiger partial charge in [-0.15, -0.1) is 0 Å². The minimum Gasteiger partial charge on any atom is -0.481 e. The second-order valence-electron chi connectivity index (χ2n) is 6.44. The fraction of sp³-hybridized carbons (Fsp3) is 0.529. The first-order chi connectivity index (χ1) is 13.0. The molecule has 1 saturated heterocycles. The van der Waals surface area contributed by atoms with E-state index in [1.54, 1.807) is 0 Å². The van der Waals surface area contributed by atoms with E-state index in [2.05, 4.69) is 0 Å². The molecular formula is C17H20F3NO6S. The van der Waals surface area contributed by atoms with Gasteiger partial charge in [0.05, 0.1) is 36.2 Å². The number of aliphatic carboxylic acids is 1. The van der Waals surface area contributed by atoms with Crippen molar-refractivity contribution < 1.29 is 41.0 Å². The Kier molecular flexibility index (Phi) is 7.05. The lowest BCUT2D eigenvalue weighted by atomic mass is 10.1. The number of ether oxygens (including phenoxy) is 1. The van der Waals surface area contributed by atoms with E-state index in [0.717, 1.165) is 18.2 Å². The smallest absolute Gasteiger partial charge is 0.416 e. The quantitative estimate of drug-likeness (QED) is 0.715. The molecule has 1 aliphatic rings. The third-order valence-electron chi connectivity index (χ3n) is 4.29. The van der Waals surface area contributed by atoms with Crippen LogP contribution < -0.4 is 0 Å². The largest absolute Gasteiger partial charge is 0.481 e. The Hall–Kier alpha value is -2.14. The topological polar surface area (TPSA) is 101 Å². The summed E-state index contributed by atoms with van der Waals surface area (Å²) in [7, 11) is -4.21. The van der Waals surface area contributed by atoms with Crippen LogP contribution in [0.25, 0.3) is 0 Å². The molecule has 1 atom stereocenters. The maximum Gasteiger partial charge on any atom is 0.416 e. The Morgan fingerprint density at radius 2 is 1.79 bits per heavy atom. The lowest BCUT2D eigenvalue weighted by molar-refractivity contribution is -0.146. The Bertz CT molecular complexity index is 818. The molecule has 1 aromatic carbocycles. The summed E-state index contributed by atoms with van der Waals surface area (Å²) in [4.78, 5) is 25.0. The summed E-state index contributed by atoms with van der Waals surface area (Å²) in [6.07, 6.45) is -5.28. The summed E-state index contributed by atoms with van der Waals surface area (Å²) in [6, 6.07) is 4.22. The maximum atomic E-state index is 13.0. The van der Waals surface area contributed by atoms with Gasteiger partial charge in [0.25, 0.3) is 0 Å². The van der Waals surface area contributed by atoms with Crippen LogP contribution in [0.1, 0.15) is 17.5 Å². The second kappa shape index (κ2) is 8.91. The maximum absolute atomic E-state index is 13.0. The van der Waals surface area contributed by atoms with E-state index in [9.17, 15) is 36.3 Å². The number of amides is 1. The molecule has 1 unspecified atom stereocenters. The number of rotatable bonds is 7. The number of carboxylic acid groups (broad SMARTS) is 1. The summed E-state index contributed by atoms with van der Waals surface area (Å²) in [6.45, 7) is 1.15. The van der Waals surface area contributed by atoms with Gasteiger partial charge >= 0.3 is 12.1 Å². The molecule has 156 valence electrons. The summed E-state index contributed by atoms with van der Waals surface area (Å²) in [5.41, 5.74) is -1.55. The van der Waals surface area contributed by atoms with Crippen molar-refractivity contribution in [2.45, 2.75) is 18.3 Å². The summed E-state index contributed by atoms with van der Waals surface area (Å²) in [5, 5.41) is 9.29. The monoisotopic (exact) mass is 423 g/mol. The molecule has 1 heterocycles. The molecule has 1 amide bonds. The number of carboxylic acids is 1. The second-order valence-corrected chi connectivity index (χ2v) is 8.55. The number of halogens is 3. The van der Waals surface area contributed by atoms with Crippen LogP contribution in [0.4, 0.5) is 13.2 Å². The zero-order valence-electron chi connectivity index (χ0n) is 14.8. The Balaban J connectivity index is 2.12. The minimum absolute atomic E-state index is 0.275. The van der Waals surface area contributed by atoms with Gasteiger partial charge in [-0.2, -0.15) is 13.2 Å². The molecule has 1 fully saturated rings. The molecule has 0 aromatic heterocycles. The van der Waals surface area contributed by atoms with Crippen LogP contribution in [0, 0.1) is 5.92 Å². The van der Waals surface area contributed by atoms with Crippen molar-refractivity contribution in [3.8, 4) is 0 Å². The molecule has 0 saturated carbocycles. The number of benzene rings is 1. The zero-order valence-corrected chi connectivity index (χ0v) is 15.6. The highest BCUT2D eigenvalue weighted by Crippen LogP contribution is 2.32. The van der Waals surface area contributed by atoms with Crippen LogP contribution >= 0.6 is 0 Å². The highest BCUT2D eigenvalue weighted by molar-refractivity contribution is 7.90. The van der Waals surface area contributed by atoms with E-state index in [1.165, 1.54) is 11.0 Å². The van der Waals surface area contributed by atoms with Gasteiger partial charge in [0, 0.05) is 19.5 Å². The predicted molar refractivity (Wildman–Crippen MR) is 92.1 cm³/mol. The fourth-order valence-corrected chi connectivity index (χ4v) is 4.61. The first-order valence-electron chi connectivity index (χ1n) is 8.43. The molecule has 7 nitrogen and oxygen atoms in total. The Morgan fingerprint density at radius 1 is 1.18 bits per heavy atom. The molecule has 0 bridgehead atoms. The number of nitrogens with zero attached hydrogens (tertiary/aromatic N) is 1. The Morgan fingerprint density at radius 3 is 2.36 bits per heavy atom. The van der Waals surface area contributed by atoms with Gasteiger partial charge in [-0.25, -0.2) is 8.42 Å². The molecule has 28 heavy (non-hydrogen) atoms. The van der Waals surface area contributed by atoms with Crippen molar-refractivity contribution in [2.75, 3.05) is 32.1 Å². The third-order valence-corrected chi connectivity index (χ3v) is 5.95. The van der Waals surface area contributed by atoms with Crippen LogP contribution in [0.3, 0.4) is 0 Å². The van der Waals surface area contributed by atoms with Crippen molar-refractivity contribution in [1.82, 2.24) is 4.90 Å². The minimum atomic E-state index is -4.73. The van der Waals surface area contributed by atoms with Crippen LogP contribution in [0.5, 0.6) is 0 Å². The van der Waals surface area contributed by atoms with E-state index in [4.69, 9.17) is 4.74 Å². The zero-order chi connectivity index (χ0) is 20.9. The van der Waals surface area contributed by atoms with Crippen molar-refractivity contribution in [1.29, 1.82) is 0 Å². The number of hydrogen-bond donors (Lipinski definition) is 1. The summed E-state index contributed by atoms with van der Waals surface area (Å²) < 4.78 is 69.0. The van der Waals surface area contributed by atoms with Crippen LogP contribution in [-0.4, -0.2) is 62.4 Å². The highest BCUT2D eigenvalue weighted by atomic mass is 32.2. The van der Waals surface area contributed by atoms with Gasteiger partial charge in [0.1, 0.15) is 0 Å². The summed E-state index contributed by atoms with van der Waals surface area (Å²) in [5.74, 6) is -5.45. The molecule has 2 rings (SSSR count). The lowest BCUT2D eigenvalue weighted by Crippen LogP contribution is -2.42. The van der Waals surface area contributed by atoms with Gasteiger partial charge in [-0.3, -0.25) is 9.59 Å². The first kappa shape index (κ1) is 22.2. The SMILES string of the molecule is O=C(O)C(CC(=O)N1CCOCC1)CS(=O)(=O)Cc1ccccc1C(F)(F)F. The van der Waals surface area contributed by atoms with Crippen molar-refractivity contribution in [3.05, 3.63) is 35.4 Å². The molecule has 1 aromatic rings.